The number of halogens is 1. The summed E-state index contributed by atoms with van der Waals surface area (Å²) < 4.78 is 19.6. The number of hydrogen-bond donors (Lipinski definition) is 2. The molecule has 1 amide bonds. The molecule has 0 spiro atoms. The van der Waals surface area contributed by atoms with E-state index >= 15 is 0 Å². The molecule has 3 aromatic carbocycles. The number of amides is 1. The zero-order valence-corrected chi connectivity index (χ0v) is 19.3. The Morgan fingerprint density at radius 2 is 1.76 bits per heavy atom. The minimum atomic E-state index is -0.504. The highest BCUT2D eigenvalue weighted by Crippen LogP contribution is 2.47. The highest BCUT2D eigenvalue weighted by Gasteiger charge is 2.32. The molecule has 1 unspecified atom stereocenters. The van der Waals surface area contributed by atoms with E-state index < -0.39 is 11.9 Å². The maximum Gasteiger partial charge on any atom is 0.252 e. The number of hydrogen-bond acceptors (Lipinski definition) is 4. The van der Waals surface area contributed by atoms with E-state index in [9.17, 15) is 14.0 Å². The molecule has 1 aliphatic rings. The first-order valence-corrected chi connectivity index (χ1v) is 11.8. The number of carbonyl (C=O) groups excluding carboxylic acids is 1. The smallest absolute Gasteiger partial charge is 0.252 e. The fraction of sp³-hybridized carbons (Fsp3) is 0.0333. The molecule has 178 valence electrons. The van der Waals surface area contributed by atoms with Crippen molar-refractivity contribution in [3.8, 4) is 22.3 Å². The van der Waals surface area contributed by atoms with Gasteiger partial charge in [-0.25, -0.2) is 9.37 Å². The van der Waals surface area contributed by atoms with Crippen molar-refractivity contribution in [2.24, 2.45) is 0 Å². The van der Waals surface area contributed by atoms with Gasteiger partial charge >= 0.3 is 0 Å². The predicted molar refractivity (Wildman–Crippen MR) is 139 cm³/mol. The van der Waals surface area contributed by atoms with Crippen molar-refractivity contribution in [3.05, 3.63) is 124 Å². The van der Waals surface area contributed by atoms with Gasteiger partial charge < -0.3 is 14.7 Å². The molecule has 0 saturated carbocycles. The van der Waals surface area contributed by atoms with Crippen molar-refractivity contribution in [3.63, 3.8) is 0 Å². The molecule has 1 aliphatic carbocycles. The van der Waals surface area contributed by atoms with E-state index in [-0.39, 0.29) is 16.7 Å². The fourth-order valence-corrected chi connectivity index (χ4v) is 5.29. The first kappa shape index (κ1) is 21.3. The average molecular weight is 487 g/mol. The molecule has 0 aliphatic heterocycles. The largest absolute Gasteiger partial charge is 0.463 e. The number of aromatic nitrogens is 2. The van der Waals surface area contributed by atoms with Gasteiger partial charge in [-0.3, -0.25) is 9.59 Å². The van der Waals surface area contributed by atoms with Crippen LogP contribution >= 0.6 is 0 Å². The third-order valence-electron chi connectivity index (χ3n) is 6.95. The Labute approximate surface area is 209 Å². The number of H-pyrrole nitrogens is 1. The summed E-state index contributed by atoms with van der Waals surface area (Å²) in [5.74, 6) is -0.734. The molecule has 1 atom stereocenters. The molecule has 6 aromatic rings. The van der Waals surface area contributed by atoms with Crippen LogP contribution in [0, 0.1) is 5.82 Å². The zero-order chi connectivity index (χ0) is 25.1. The molecular formula is C30H18FN3O3. The van der Waals surface area contributed by atoms with Crippen LogP contribution in [0.4, 0.5) is 4.39 Å². The van der Waals surface area contributed by atoms with E-state index in [1.807, 2.05) is 48.5 Å². The van der Waals surface area contributed by atoms with Crippen LogP contribution in [0.2, 0.25) is 0 Å². The van der Waals surface area contributed by atoms with E-state index in [1.54, 1.807) is 18.5 Å². The number of pyridine rings is 1. The zero-order valence-electron chi connectivity index (χ0n) is 19.3. The Morgan fingerprint density at radius 1 is 0.919 bits per heavy atom. The van der Waals surface area contributed by atoms with Crippen molar-refractivity contribution in [2.75, 3.05) is 0 Å². The van der Waals surface area contributed by atoms with Crippen LogP contribution in [-0.2, 0) is 0 Å². The molecule has 7 rings (SSSR count). The average Bonchev–Trinajstić information content (AvgIpc) is 3.52. The number of nitrogens with one attached hydrogen (secondary N) is 2. The van der Waals surface area contributed by atoms with Crippen LogP contribution in [0.3, 0.4) is 0 Å². The number of aromatic amines is 1. The molecule has 0 radical (unpaired) electrons. The molecule has 6 nitrogen and oxygen atoms in total. The Kier molecular flexibility index (Phi) is 4.59. The summed E-state index contributed by atoms with van der Waals surface area (Å²) in [5.41, 5.74) is 5.71. The monoisotopic (exact) mass is 487 g/mol. The van der Waals surface area contributed by atoms with Gasteiger partial charge in [0.05, 0.1) is 22.6 Å². The van der Waals surface area contributed by atoms with Gasteiger partial charge in [0, 0.05) is 17.8 Å². The van der Waals surface area contributed by atoms with E-state index in [2.05, 4.69) is 15.3 Å². The van der Waals surface area contributed by atoms with Crippen molar-refractivity contribution in [1.82, 2.24) is 15.3 Å². The van der Waals surface area contributed by atoms with Gasteiger partial charge in [-0.05, 0) is 58.1 Å². The van der Waals surface area contributed by atoms with Gasteiger partial charge in [0.25, 0.3) is 5.91 Å². The second kappa shape index (κ2) is 7.99. The van der Waals surface area contributed by atoms with Crippen LogP contribution < -0.4 is 10.7 Å². The normalized spacial score (nSPS) is 14.0. The van der Waals surface area contributed by atoms with Crippen molar-refractivity contribution >= 4 is 27.9 Å². The summed E-state index contributed by atoms with van der Waals surface area (Å²) in [6.45, 7) is 0. The fourth-order valence-electron chi connectivity index (χ4n) is 5.29. The standard InChI is InChI=1S/C30H18FN3O3/c31-16-8-9-25-23(14-16)28(35)24(15-37-25)18-6-3-7-22-26(18)17-4-1-2-5-19(17)27(22)34-30(36)21-11-13-33-29-20(21)10-12-32-29/h1-15,27H,(H,32,33)(H,34,36). The van der Waals surface area contributed by atoms with Crippen molar-refractivity contribution in [2.45, 2.75) is 6.04 Å². The lowest BCUT2D eigenvalue weighted by atomic mass is 9.94. The highest BCUT2D eigenvalue weighted by molar-refractivity contribution is 6.06. The second-order valence-corrected chi connectivity index (χ2v) is 8.98. The van der Waals surface area contributed by atoms with E-state index in [0.29, 0.717) is 27.9 Å². The molecule has 3 heterocycles. The number of nitrogens with zero attached hydrogens (tertiary/aromatic N) is 1. The lowest BCUT2D eigenvalue weighted by molar-refractivity contribution is 0.0945. The molecule has 3 aromatic heterocycles. The molecule has 0 bridgehead atoms. The summed E-state index contributed by atoms with van der Waals surface area (Å²) in [6, 6.07) is 20.5. The molecule has 37 heavy (non-hydrogen) atoms. The first-order valence-electron chi connectivity index (χ1n) is 11.8. The van der Waals surface area contributed by atoms with Crippen molar-refractivity contribution < 1.29 is 13.6 Å². The maximum absolute atomic E-state index is 13.9. The minimum absolute atomic E-state index is 0.180. The van der Waals surface area contributed by atoms with Gasteiger partial charge in [-0.2, -0.15) is 0 Å². The minimum Gasteiger partial charge on any atom is -0.463 e. The lowest BCUT2D eigenvalue weighted by Crippen LogP contribution is -2.28. The Bertz CT molecular complexity index is 1940. The molecular weight excluding hydrogens is 469 g/mol. The number of carbonyl (C=O) groups is 1. The molecule has 7 heteroatoms. The second-order valence-electron chi connectivity index (χ2n) is 8.98. The Balaban J connectivity index is 1.39. The van der Waals surface area contributed by atoms with Gasteiger partial charge in [0.2, 0.25) is 5.43 Å². The lowest BCUT2D eigenvalue weighted by Gasteiger charge is -2.17. The van der Waals surface area contributed by atoms with Gasteiger partial charge in [0.1, 0.15) is 23.3 Å². The van der Waals surface area contributed by atoms with Gasteiger partial charge in [0.15, 0.2) is 0 Å². The topological polar surface area (TPSA) is 88.0 Å². The molecule has 0 fully saturated rings. The molecule has 2 N–H and O–H groups in total. The van der Waals surface area contributed by atoms with E-state index in [1.165, 1.54) is 24.5 Å². The summed E-state index contributed by atoms with van der Waals surface area (Å²) in [6.07, 6.45) is 4.78. The third kappa shape index (κ3) is 3.21. The van der Waals surface area contributed by atoms with Gasteiger partial charge in [-0.1, -0.05) is 42.5 Å². The van der Waals surface area contributed by atoms with Crippen LogP contribution in [0.15, 0.2) is 101 Å². The van der Waals surface area contributed by atoms with Crippen molar-refractivity contribution in [1.29, 1.82) is 0 Å². The van der Waals surface area contributed by atoms with Crippen LogP contribution in [-0.4, -0.2) is 15.9 Å². The van der Waals surface area contributed by atoms with Crippen LogP contribution in [0.5, 0.6) is 0 Å². The summed E-state index contributed by atoms with van der Waals surface area (Å²) in [4.78, 5) is 34.2. The number of rotatable bonds is 3. The Morgan fingerprint density at radius 3 is 2.68 bits per heavy atom. The summed E-state index contributed by atoms with van der Waals surface area (Å²) >= 11 is 0. The predicted octanol–water partition coefficient (Wildman–Crippen LogP) is 5.98. The number of fused-ring (bicyclic) bond motifs is 5. The maximum atomic E-state index is 13.9. The SMILES string of the molecule is O=C(NC1c2ccccc2-c2c(-c3coc4ccc(F)cc4c3=O)cccc21)c1ccnc2[nH]ccc12. The Hall–Kier alpha value is -5.04. The van der Waals surface area contributed by atoms with E-state index in [4.69, 9.17) is 4.42 Å². The molecule has 0 saturated heterocycles. The summed E-state index contributed by atoms with van der Waals surface area (Å²) in [5, 5.41) is 4.11. The van der Waals surface area contributed by atoms with Crippen LogP contribution in [0.25, 0.3) is 44.3 Å². The number of benzene rings is 3. The summed E-state index contributed by atoms with van der Waals surface area (Å²) in [7, 11) is 0. The van der Waals surface area contributed by atoms with Crippen LogP contribution in [0.1, 0.15) is 27.5 Å². The van der Waals surface area contributed by atoms with E-state index in [0.717, 1.165) is 27.6 Å². The van der Waals surface area contributed by atoms with Gasteiger partial charge in [-0.15, -0.1) is 0 Å². The first-order chi connectivity index (χ1) is 18.1. The third-order valence-corrected chi connectivity index (χ3v) is 6.95. The quantitative estimate of drug-likeness (QED) is 0.322. The highest BCUT2D eigenvalue weighted by atomic mass is 19.1.